The molecule has 7 rings (SSSR count). The highest BCUT2D eigenvalue weighted by Gasteiger charge is 2.26. The molecule has 27 N–H and O–H groups in total. The summed E-state index contributed by atoms with van der Waals surface area (Å²) >= 11 is 0. The van der Waals surface area contributed by atoms with Gasteiger partial charge in [-0.05, 0) is 107 Å². The number of oxime groups is 7. The van der Waals surface area contributed by atoms with E-state index in [1.165, 1.54) is 38.5 Å². The van der Waals surface area contributed by atoms with Crippen LogP contribution < -0.4 is 56.6 Å². The van der Waals surface area contributed by atoms with Crippen LogP contribution in [0, 0.1) is 59.2 Å². The van der Waals surface area contributed by atoms with Gasteiger partial charge in [0.15, 0.2) is 0 Å². The normalized spacial score (nSPS) is 19.5. The van der Waals surface area contributed by atoms with Crippen molar-refractivity contribution < 1.29 is 52.1 Å². The third kappa shape index (κ3) is 43.5. The first kappa shape index (κ1) is 82.4. The van der Waals surface area contributed by atoms with Crippen molar-refractivity contribution >= 4 is 58.4 Å². The second-order valence-corrected chi connectivity index (χ2v) is 22.8. The average molecular weight is 1220 g/mol. The molecule has 0 radical (unpaired) electrons. The number of nitrogens with one attached hydrogen (secondary N) is 3. The average Bonchev–Trinajstić information content (AvgIpc) is 3.99. The minimum Gasteiger partial charge on any atom is -0.409 e. The van der Waals surface area contributed by atoms with Crippen LogP contribution in [0.2, 0.25) is 0 Å². The van der Waals surface area contributed by atoms with Crippen LogP contribution in [0.15, 0.2) is 51.1 Å². The first-order chi connectivity index (χ1) is 40.4. The van der Waals surface area contributed by atoms with E-state index in [4.69, 9.17) is 92.2 Å². The Hall–Kier alpha value is -6.82. The summed E-state index contributed by atoms with van der Waals surface area (Å²) in [7, 11) is 0. The maximum Gasteiger partial charge on any atom is 0.142 e. The topological polar surface area (TPSA) is 544 Å². The SMILES string of the molecule is CC(C)C(C)C/C(N)=N/O.CC(C)CC(C)/C(N)=N/O.CCC(/C(N)=N/O)C(C)C.N/C(=N\O)C1CC1.N/C(=N\O)C1CCC1.N/C(=N\O)C1CCCC1.N/C(=N\O)C1CCCCC1.ONC1=NCC1.ONC1=NCCC1.ONC1=NCCCC1. The van der Waals surface area contributed by atoms with E-state index in [1.54, 1.807) is 0 Å². The van der Waals surface area contributed by atoms with E-state index < -0.39 is 0 Å². The van der Waals surface area contributed by atoms with E-state index in [1.807, 2.05) is 24.8 Å². The second kappa shape index (κ2) is 52.7. The lowest BCUT2D eigenvalue weighted by Gasteiger charge is -2.22. The molecule has 85 heavy (non-hydrogen) atoms. The standard InChI is InChI=1S/C7H14N2O.3C7H16N2O.C6H12N2O.2C5H10N2O.2C4H8N2O.C3H6N2O/c8-7(9-10)6-4-2-1-3-5-6;1-5(2)6(3)4-7(8)9-10;1-5(2)4-6(3)7(8)9-10;1-4-6(5(2)3)7(8)9-10;7-6(8-9)5-3-1-2-4-5;8-7-5-3-1-2-4-6-5;6-5(7-8)4-2-1-3-4;7-6-4-2-1-3-5-4;5-4(6-7)3-1-2-3;6-5-3-1-2-4-3/h6,10H,1-5H2,(H2,8,9);3*5-6,10H,4H2,1-3H3,(H2,8,9);5,9H,1-4H2,(H2,7,8);8H,1-4H2,(H,6,7);4,8H,1-3H2,(H2,6,7);7H,1-3H2,(H,5,6);3,7H,1-2H2,(H2,5,6);6H,1-2H2,(H,4,5). The van der Waals surface area contributed by atoms with Crippen molar-refractivity contribution in [2.24, 2.45) is 150 Å². The molecule has 0 amide bonds. The lowest BCUT2D eigenvalue weighted by atomic mass is 9.85. The fourth-order valence-corrected chi connectivity index (χ4v) is 8.39. The smallest absolute Gasteiger partial charge is 0.142 e. The van der Waals surface area contributed by atoms with E-state index in [2.05, 4.69) is 105 Å². The highest BCUT2D eigenvalue weighted by Crippen LogP contribution is 2.29. The Morgan fingerprint density at radius 1 is 0.435 bits per heavy atom. The molecule has 7 aliphatic rings. The molecular formula is C55H116N20O10. The van der Waals surface area contributed by atoms with Gasteiger partial charge in [-0.3, -0.25) is 47.0 Å². The van der Waals surface area contributed by atoms with Gasteiger partial charge in [-0.2, -0.15) is 0 Å². The fraction of sp³-hybridized carbons (Fsp3) is 0.818. The van der Waals surface area contributed by atoms with Gasteiger partial charge in [0.05, 0.1) is 0 Å². The molecule has 30 heteroatoms. The zero-order valence-electron chi connectivity index (χ0n) is 52.6. The van der Waals surface area contributed by atoms with Gasteiger partial charge in [-0.1, -0.05) is 137 Å². The van der Waals surface area contributed by atoms with Crippen LogP contribution in [-0.2, 0) is 0 Å². The minimum absolute atomic E-state index is 0.185. The fourth-order valence-electron chi connectivity index (χ4n) is 8.39. The van der Waals surface area contributed by atoms with Crippen LogP contribution in [-0.4, -0.2) is 130 Å². The molecule has 3 heterocycles. The van der Waals surface area contributed by atoms with Crippen LogP contribution in [0.1, 0.15) is 210 Å². The van der Waals surface area contributed by atoms with Crippen molar-refractivity contribution in [2.75, 3.05) is 19.6 Å². The number of hydrogen-bond acceptors (Lipinski definition) is 23. The highest BCUT2D eigenvalue weighted by atomic mass is 16.5. The summed E-state index contributed by atoms with van der Waals surface area (Å²) in [5.41, 5.74) is 43.4. The zero-order chi connectivity index (χ0) is 65.1. The Labute approximate surface area is 505 Å². The maximum atomic E-state index is 8.35. The summed E-state index contributed by atoms with van der Waals surface area (Å²) in [6, 6.07) is 0. The Kier molecular flexibility index (Phi) is 51.1. The van der Waals surface area contributed by atoms with Gasteiger partial charge >= 0.3 is 0 Å². The van der Waals surface area contributed by atoms with Crippen LogP contribution in [0.5, 0.6) is 0 Å². The lowest BCUT2D eigenvalue weighted by Crippen LogP contribution is -2.28. The van der Waals surface area contributed by atoms with Crippen LogP contribution >= 0.6 is 0 Å². The molecule has 4 aliphatic carbocycles. The number of nitrogens with two attached hydrogens (primary N) is 7. The van der Waals surface area contributed by atoms with Gasteiger partial charge in [-0.25, -0.2) is 0 Å². The summed E-state index contributed by atoms with van der Waals surface area (Å²) in [6.45, 7) is 21.3. The van der Waals surface area contributed by atoms with Crippen molar-refractivity contribution in [3.8, 4) is 0 Å². The molecule has 0 bridgehead atoms. The van der Waals surface area contributed by atoms with Crippen LogP contribution in [0.4, 0.5) is 0 Å². The molecule has 4 fully saturated rings. The van der Waals surface area contributed by atoms with Gasteiger partial charge in [0.2, 0.25) is 0 Å². The molecule has 30 nitrogen and oxygen atoms in total. The largest absolute Gasteiger partial charge is 0.409 e. The monoisotopic (exact) mass is 1220 g/mol. The molecule has 0 aromatic heterocycles. The molecule has 3 atom stereocenters. The van der Waals surface area contributed by atoms with E-state index in [-0.39, 0.29) is 11.8 Å². The summed E-state index contributed by atoms with van der Waals surface area (Å²) in [5, 5.41) is 103. The Bertz CT molecular complexity index is 2000. The number of aliphatic imine (C=N–C) groups is 3. The van der Waals surface area contributed by atoms with Crippen molar-refractivity contribution in [2.45, 2.75) is 210 Å². The van der Waals surface area contributed by atoms with Crippen molar-refractivity contribution in [3.63, 3.8) is 0 Å². The molecule has 0 aromatic rings. The van der Waals surface area contributed by atoms with Gasteiger partial charge in [0, 0.05) is 80.8 Å². The molecule has 3 aliphatic heterocycles. The lowest BCUT2D eigenvalue weighted by molar-refractivity contribution is 0.228. The quantitative estimate of drug-likeness (QED) is 0.0364. The molecule has 0 saturated heterocycles. The third-order valence-electron chi connectivity index (χ3n) is 14.8. The number of nitrogens with zero attached hydrogens (tertiary/aromatic N) is 10. The molecule has 3 unspecified atom stereocenters. The third-order valence-corrected chi connectivity index (χ3v) is 14.8. The zero-order valence-corrected chi connectivity index (χ0v) is 52.6. The van der Waals surface area contributed by atoms with E-state index in [0.29, 0.717) is 100 Å². The van der Waals surface area contributed by atoms with Gasteiger partial charge in [-0.15, -0.1) is 0 Å². The highest BCUT2D eigenvalue weighted by molar-refractivity contribution is 5.86. The van der Waals surface area contributed by atoms with E-state index >= 15 is 0 Å². The summed E-state index contributed by atoms with van der Waals surface area (Å²) in [6.07, 6.45) is 24.8. The number of rotatable bonds is 13. The van der Waals surface area contributed by atoms with Crippen molar-refractivity contribution in [1.82, 2.24) is 16.4 Å². The second-order valence-electron chi connectivity index (χ2n) is 22.8. The maximum absolute atomic E-state index is 8.35. The molecule has 0 spiro atoms. The van der Waals surface area contributed by atoms with Gasteiger partial charge < -0.3 is 76.6 Å². The summed E-state index contributed by atoms with van der Waals surface area (Å²) < 4.78 is 0. The van der Waals surface area contributed by atoms with E-state index in [0.717, 1.165) is 134 Å². The Morgan fingerprint density at radius 2 is 0.800 bits per heavy atom. The van der Waals surface area contributed by atoms with Gasteiger partial charge in [0.1, 0.15) is 58.4 Å². The molecule has 0 aromatic carbocycles. The predicted octanol–water partition coefficient (Wildman–Crippen LogP) is 7.63. The summed E-state index contributed by atoms with van der Waals surface area (Å²) in [5.74, 6) is 8.74. The molecule has 4 saturated carbocycles. The predicted molar refractivity (Wildman–Crippen MR) is 338 cm³/mol. The first-order valence-corrected chi connectivity index (χ1v) is 30.1. The minimum atomic E-state index is 0.185. The molecule has 496 valence electrons. The van der Waals surface area contributed by atoms with Crippen molar-refractivity contribution in [1.29, 1.82) is 0 Å². The van der Waals surface area contributed by atoms with Gasteiger partial charge in [0.25, 0.3) is 0 Å². The Morgan fingerprint density at radius 3 is 1.02 bits per heavy atom. The van der Waals surface area contributed by atoms with Crippen LogP contribution in [0.25, 0.3) is 0 Å². The number of hydrogen-bond donors (Lipinski definition) is 20. The number of amidine groups is 10. The molecular weight excluding hydrogens is 1100 g/mol. The van der Waals surface area contributed by atoms with Crippen LogP contribution in [0.3, 0.4) is 0 Å². The summed E-state index contributed by atoms with van der Waals surface area (Å²) in [4.78, 5) is 11.7. The Balaban J connectivity index is -0.000000881. The van der Waals surface area contributed by atoms with Crippen molar-refractivity contribution in [3.05, 3.63) is 0 Å². The number of hydroxylamine groups is 3. The van der Waals surface area contributed by atoms with E-state index in [9.17, 15) is 0 Å². The first-order valence-electron chi connectivity index (χ1n) is 30.1.